The first-order chi connectivity index (χ1) is 8.50. The molecule has 0 saturated heterocycles. The summed E-state index contributed by atoms with van der Waals surface area (Å²) >= 11 is 0. The van der Waals surface area contributed by atoms with Crippen LogP contribution in [-0.4, -0.2) is 28.5 Å². The van der Waals surface area contributed by atoms with Crippen LogP contribution in [0.5, 0.6) is 0 Å². The number of nitrogens with two attached hydrogens (primary N) is 1. The number of hydrogen-bond donors (Lipinski definition) is 1. The van der Waals surface area contributed by atoms with E-state index in [1.807, 2.05) is 22.7 Å². The van der Waals surface area contributed by atoms with E-state index in [-0.39, 0.29) is 11.9 Å². The molecule has 1 heterocycles. The minimum absolute atomic E-state index is 0.0901. The SMILES string of the molecule is CC(C)n1cc(N)cc1C(=O)N(C)C1CCCC1. The lowest BCUT2D eigenvalue weighted by Crippen LogP contribution is -2.36. The van der Waals surface area contributed by atoms with Crippen molar-refractivity contribution in [3.05, 3.63) is 18.0 Å². The molecule has 1 saturated carbocycles. The van der Waals surface area contributed by atoms with Crippen molar-refractivity contribution in [2.75, 3.05) is 12.8 Å². The molecule has 1 aromatic rings. The van der Waals surface area contributed by atoms with Crippen molar-refractivity contribution in [2.45, 2.75) is 51.6 Å². The Morgan fingerprint density at radius 1 is 1.44 bits per heavy atom. The molecule has 1 aromatic heterocycles. The zero-order chi connectivity index (χ0) is 13.3. The van der Waals surface area contributed by atoms with E-state index in [0.29, 0.717) is 17.4 Å². The van der Waals surface area contributed by atoms with Crippen molar-refractivity contribution >= 4 is 11.6 Å². The van der Waals surface area contributed by atoms with Gasteiger partial charge in [-0.1, -0.05) is 12.8 Å². The first-order valence-electron chi connectivity index (χ1n) is 6.75. The van der Waals surface area contributed by atoms with Crippen molar-refractivity contribution < 1.29 is 4.79 Å². The Kier molecular flexibility index (Phi) is 3.64. The Labute approximate surface area is 109 Å². The number of anilines is 1. The molecule has 100 valence electrons. The smallest absolute Gasteiger partial charge is 0.270 e. The maximum atomic E-state index is 12.5. The Balaban J connectivity index is 2.22. The number of nitrogens with zero attached hydrogens (tertiary/aromatic N) is 2. The van der Waals surface area contributed by atoms with Crippen LogP contribution >= 0.6 is 0 Å². The van der Waals surface area contributed by atoms with E-state index in [1.54, 1.807) is 6.07 Å². The summed E-state index contributed by atoms with van der Waals surface area (Å²) in [6.07, 6.45) is 6.56. The molecule has 0 unspecified atom stereocenters. The van der Waals surface area contributed by atoms with Crippen LogP contribution in [0.15, 0.2) is 12.3 Å². The number of hydrogen-bond acceptors (Lipinski definition) is 2. The number of carbonyl (C=O) groups is 1. The Morgan fingerprint density at radius 2 is 2.06 bits per heavy atom. The average molecular weight is 249 g/mol. The van der Waals surface area contributed by atoms with E-state index in [2.05, 4.69) is 13.8 Å². The molecule has 0 atom stereocenters. The van der Waals surface area contributed by atoms with Crippen LogP contribution in [0.1, 0.15) is 56.1 Å². The van der Waals surface area contributed by atoms with Crippen molar-refractivity contribution in [3.63, 3.8) is 0 Å². The van der Waals surface area contributed by atoms with Gasteiger partial charge in [-0.05, 0) is 32.8 Å². The second-order valence-electron chi connectivity index (χ2n) is 5.51. The van der Waals surface area contributed by atoms with Gasteiger partial charge in [0.15, 0.2) is 0 Å². The van der Waals surface area contributed by atoms with Crippen LogP contribution in [0.4, 0.5) is 5.69 Å². The van der Waals surface area contributed by atoms with Crippen LogP contribution in [0, 0.1) is 0 Å². The van der Waals surface area contributed by atoms with Gasteiger partial charge in [-0.25, -0.2) is 0 Å². The quantitative estimate of drug-likeness (QED) is 0.895. The van der Waals surface area contributed by atoms with E-state index in [4.69, 9.17) is 5.73 Å². The summed E-state index contributed by atoms with van der Waals surface area (Å²) in [6.45, 7) is 4.12. The number of rotatable bonds is 3. The number of amides is 1. The topological polar surface area (TPSA) is 51.3 Å². The number of carbonyl (C=O) groups excluding carboxylic acids is 1. The maximum Gasteiger partial charge on any atom is 0.270 e. The number of aromatic nitrogens is 1. The molecular weight excluding hydrogens is 226 g/mol. The zero-order valence-electron chi connectivity index (χ0n) is 11.5. The molecule has 0 radical (unpaired) electrons. The fraction of sp³-hybridized carbons (Fsp3) is 0.643. The minimum atomic E-state index is 0.0901. The molecule has 4 heteroatoms. The summed E-state index contributed by atoms with van der Waals surface area (Å²) in [6, 6.07) is 2.43. The van der Waals surface area contributed by atoms with E-state index >= 15 is 0 Å². The third kappa shape index (κ3) is 2.37. The standard InChI is InChI=1S/C14H23N3O/c1-10(2)17-9-11(15)8-13(17)14(18)16(3)12-6-4-5-7-12/h8-10,12H,4-7,15H2,1-3H3. The van der Waals surface area contributed by atoms with E-state index < -0.39 is 0 Å². The summed E-state index contributed by atoms with van der Waals surface area (Å²) in [7, 11) is 1.91. The first-order valence-corrected chi connectivity index (χ1v) is 6.75. The van der Waals surface area contributed by atoms with Gasteiger partial charge in [-0.3, -0.25) is 4.79 Å². The first kappa shape index (κ1) is 13.0. The molecule has 1 amide bonds. The fourth-order valence-corrected chi connectivity index (χ4v) is 2.74. The molecule has 0 aliphatic heterocycles. The summed E-state index contributed by atoms with van der Waals surface area (Å²) in [5.74, 6) is 0.0901. The van der Waals surface area contributed by atoms with Gasteiger partial charge in [0.25, 0.3) is 5.91 Å². The summed E-state index contributed by atoms with van der Waals surface area (Å²) < 4.78 is 1.96. The molecule has 1 fully saturated rings. The van der Waals surface area contributed by atoms with Gasteiger partial charge in [0.05, 0.1) is 5.69 Å². The van der Waals surface area contributed by atoms with Crippen LogP contribution < -0.4 is 5.73 Å². The second-order valence-corrected chi connectivity index (χ2v) is 5.51. The molecule has 0 bridgehead atoms. The van der Waals surface area contributed by atoms with Crippen molar-refractivity contribution in [1.82, 2.24) is 9.47 Å². The van der Waals surface area contributed by atoms with Crippen LogP contribution in [-0.2, 0) is 0 Å². The molecule has 2 rings (SSSR count). The molecule has 4 nitrogen and oxygen atoms in total. The lowest BCUT2D eigenvalue weighted by atomic mass is 10.2. The predicted molar refractivity (Wildman–Crippen MR) is 73.6 cm³/mol. The highest BCUT2D eigenvalue weighted by Crippen LogP contribution is 2.25. The van der Waals surface area contributed by atoms with Gasteiger partial charge in [0.2, 0.25) is 0 Å². The van der Waals surface area contributed by atoms with Gasteiger partial charge >= 0.3 is 0 Å². The van der Waals surface area contributed by atoms with Gasteiger partial charge in [0, 0.05) is 25.3 Å². The molecule has 1 aliphatic rings. The second kappa shape index (κ2) is 5.04. The monoisotopic (exact) mass is 249 g/mol. The normalized spacial score (nSPS) is 16.4. The van der Waals surface area contributed by atoms with E-state index in [9.17, 15) is 4.79 Å². The summed E-state index contributed by atoms with van der Waals surface area (Å²) in [5, 5.41) is 0. The van der Waals surface area contributed by atoms with Gasteiger partial charge < -0.3 is 15.2 Å². The van der Waals surface area contributed by atoms with Crippen LogP contribution in [0.3, 0.4) is 0 Å². The molecule has 0 aromatic carbocycles. The molecule has 1 aliphatic carbocycles. The van der Waals surface area contributed by atoms with Crippen molar-refractivity contribution in [2.24, 2.45) is 0 Å². The largest absolute Gasteiger partial charge is 0.397 e. The van der Waals surface area contributed by atoms with Crippen molar-refractivity contribution in [1.29, 1.82) is 0 Å². The Hall–Kier alpha value is -1.45. The Bertz CT molecular complexity index is 430. The zero-order valence-corrected chi connectivity index (χ0v) is 11.5. The van der Waals surface area contributed by atoms with Gasteiger partial charge in [-0.15, -0.1) is 0 Å². The van der Waals surface area contributed by atoms with Crippen LogP contribution in [0.25, 0.3) is 0 Å². The highest BCUT2D eigenvalue weighted by Gasteiger charge is 2.26. The van der Waals surface area contributed by atoms with E-state index in [0.717, 1.165) is 12.8 Å². The number of nitrogen functional groups attached to an aromatic ring is 1. The summed E-state index contributed by atoms with van der Waals surface area (Å²) in [4.78, 5) is 14.4. The van der Waals surface area contributed by atoms with Gasteiger partial charge in [-0.2, -0.15) is 0 Å². The van der Waals surface area contributed by atoms with Crippen molar-refractivity contribution in [3.8, 4) is 0 Å². The highest BCUT2D eigenvalue weighted by molar-refractivity contribution is 5.94. The lowest BCUT2D eigenvalue weighted by molar-refractivity contribution is 0.0722. The summed E-state index contributed by atoms with van der Waals surface area (Å²) in [5.41, 5.74) is 7.18. The third-order valence-corrected chi connectivity index (χ3v) is 3.84. The maximum absolute atomic E-state index is 12.5. The van der Waals surface area contributed by atoms with E-state index in [1.165, 1.54) is 12.8 Å². The molecular formula is C14H23N3O. The Morgan fingerprint density at radius 3 is 2.61 bits per heavy atom. The molecule has 18 heavy (non-hydrogen) atoms. The minimum Gasteiger partial charge on any atom is -0.397 e. The highest BCUT2D eigenvalue weighted by atomic mass is 16.2. The van der Waals surface area contributed by atoms with Crippen LogP contribution in [0.2, 0.25) is 0 Å². The van der Waals surface area contributed by atoms with Gasteiger partial charge in [0.1, 0.15) is 5.69 Å². The molecule has 0 spiro atoms. The fourth-order valence-electron chi connectivity index (χ4n) is 2.74. The molecule has 2 N–H and O–H groups in total. The predicted octanol–water partition coefficient (Wildman–Crippen LogP) is 2.67. The third-order valence-electron chi connectivity index (χ3n) is 3.84. The average Bonchev–Trinajstić information content (AvgIpc) is 2.95. The lowest BCUT2D eigenvalue weighted by Gasteiger charge is -2.25.